The summed E-state index contributed by atoms with van der Waals surface area (Å²) in [4.78, 5) is 27.9. The molecule has 26 heavy (non-hydrogen) atoms. The van der Waals surface area contributed by atoms with Crippen molar-refractivity contribution in [1.82, 2.24) is 30.1 Å². The van der Waals surface area contributed by atoms with Crippen LogP contribution in [0.5, 0.6) is 0 Å². The van der Waals surface area contributed by atoms with E-state index in [1.165, 1.54) is 19.3 Å². The smallest absolute Gasteiger partial charge is 0.317 e. The summed E-state index contributed by atoms with van der Waals surface area (Å²) in [5.41, 5.74) is 0.314. The van der Waals surface area contributed by atoms with Gasteiger partial charge in [-0.25, -0.2) is 9.48 Å². The van der Waals surface area contributed by atoms with Crippen LogP contribution in [0.3, 0.4) is 0 Å². The third kappa shape index (κ3) is 4.32. The Morgan fingerprint density at radius 3 is 2.73 bits per heavy atom. The molecule has 0 radical (unpaired) electrons. The molecule has 2 aliphatic rings. The third-order valence-corrected chi connectivity index (χ3v) is 5.16. The first-order valence-electron chi connectivity index (χ1n) is 9.30. The molecule has 1 N–H and O–H groups in total. The van der Waals surface area contributed by atoms with E-state index in [9.17, 15) is 9.59 Å². The number of urea groups is 1. The third-order valence-electron chi connectivity index (χ3n) is 5.16. The summed E-state index contributed by atoms with van der Waals surface area (Å²) in [5, 5.41) is 11.2. The quantitative estimate of drug-likeness (QED) is 0.809. The Kier molecular flexibility index (Phi) is 6.08. The number of likely N-dealkylation sites (tertiary alicyclic amines) is 1. The summed E-state index contributed by atoms with van der Waals surface area (Å²) in [6.07, 6.45) is 7.48. The first kappa shape index (κ1) is 18.6. The summed E-state index contributed by atoms with van der Waals surface area (Å²) in [7, 11) is 3.31. The number of carbonyl (C=O) groups excluding carboxylic acids is 2. The molecule has 0 atom stereocenters. The Bertz CT molecular complexity index is 622. The minimum atomic E-state index is -0.181. The average molecular weight is 364 g/mol. The summed E-state index contributed by atoms with van der Waals surface area (Å²) >= 11 is 0. The number of ether oxygens (including phenoxy) is 1. The van der Waals surface area contributed by atoms with Crippen molar-refractivity contribution in [2.75, 3.05) is 40.4 Å². The van der Waals surface area contributed by atoms with Crippen molar-refractivity contribution in [2.24, 2.45) is 0 Å². The fourth-order valence-corrected chi connectivity index (χ4v) is 3.38. The lowest BCUT2D eigenvalue weighted by Gasteiger charge is -2.39. The van der Waals surface area contributed by atoms with Gasteiger partial charge in [0, 0.05) is 39.8 Å². The summed E-state index contributed by atoms with van der Waals surface area (Å²) in [5.74, 6) is -0.181. The van der Waals surface area contributed by atoms with Gasteiger partial charge in [0.1, 0.15) is 0 Å². The van der Waals surface area contributed by atoms with E-state index in [4.69, 9.17) is 4.74 Å². The van der Waals surface area contributed by atoms with Gasteiger partial charge >= 0.3 is 6.03 Å². The number of methoxy groups -OCH3 is 1. The molecule has 9 nitrogen and oxygen atoms in total. The van der Waals surface area contributed by atoms with Crippen molar-refractivity contribution in [1.29, 1.82) is 0 Å². The average Bonchev–Trinajstić information content (AvgIpc) is 3.08. The largest absolute Gasteiger partial charge is 0.383 e. The summed E-state index contributed by atoms with van der Waals surface area (Å²) < 4.78 is 6.66. The maximum absolute atomic E-state index is 12.3. The lowest BCUT2D eigenvalue weighted by Crippen LogP contribution is -2.56. The topological polar surface area (TPSA) is 92.6 Å². The van der Waals surface area contributed by atoms with Crippen LogP contribution in [0, 0.1) is 0 Å². The minimum absolute atomic E-state index is 0.00358. The lowest BCUT2D eigenvalue weighted by atomic mass is 9.95. The highest BCUT2D eigenvalue weighted by Gasteiger charge is 2.34. The van der Waals surface area contributed by atoms with Gasteiger partial charge in [0.05, 0.1) is 18.8 Å². The maximum atomic E-state index is 12.3. The first-order valence-corrected chi connectivity index (χ1v) is 9.30. The van der Waals surface area contributed by atoms with Crippen LogP contribution in [0.25, 0.3) is 0 Å². The molecule has 144 valence electrons. The van der Waals surface area contributed by atoms with Gasteiger partial charge in [-0.2, -0.15) is 0 Å². The Morgan fingerprint density at radius 1 is 1.31 bits per heavy atom. The van der Waals surface area contributed by atoms with Crippen LogP contribution in [-0.4, -0.2) is 83.2 Å². The minimum Gasteiger partial charge on any atom is -0.383 e. The second-order valence-corrected chi connectivity index (χ2v) is 7.15. The number of amides is 3. The number of hydrogen-bond acceptors (Lipinski definition) is 5. The van der Waals surface area contributed by atoms with E-state index in [0.717, 1.165) is 12.8 Å². The Morgan fingerprint density at radius 2 is 2.04 bits per heavy atom. The highest BCUT2D eigenvalue weighted by molar-refractivity contribution is 5.91. The van der Waals surface area contributed by atoms with Gasteiger partial charge in [-0.05, 0) is 12.8 Å². The van der Waals surface area contributed by atoms with Crippen molar-refractivity contribution in [3.8, 4) is 0 Å². The monoisotopic (exact) mass is 364 g/mol. The summed E-state index contributed by atoms with van der Waals surface area (Å²) in [6, 6.07) is 0.392. The number of hydrogen-bond donors (Lipinski definition) is 1. The molecule has 0 unspecified atom stereocenters. The van der Waals surface area contributed by atoms with Crippen LogP contribution in [0.2, 0.25) is 0 Å². The van der Waals surface area contributed by atoms with Gasteiger partial charge in [-0.1, -0.05) is 24.5 Å². The maximum Gasteiger partial charge on any atom is 0.317 e. The van der Waals surface area contributed by atoms with Crippen molar-refractivity contribution < 1.29 is 14.3 Å². The standard InChI is InChI=1S/C17H28N6O3/c1-21(8-9-26-2)16(24)15-12-23(20-19-15)14-10-22(11-14)17(25)18-13-6-4-3-5-7-13/h12-14H,3-11H2,1-2H3,(H,18,25). The molecule has 0 bridgehead atoms. The van der Waals surface area contributed by atoms with Crippen molar-refractivity contribution in [3.05, 3.63) is 11.9 Å². The molecule has 1 aromatic rings. The van der Waals surface area contributed by atoms with Crippen LogP contribution in [0.4, 0.5) is 4.79 Å². The van der Waals surface area contributed by atoms with Crippen LogP contribution in [0.15, 0.2) is 6.20 Å². The Balaban J connectivity index is 1.46. The van der Waals surface area contributed by atoms with Crippen molar-refractivity contribution >= 4 is 11.9 Å². The van der Waals surface area contributed by atoms with Gasteiger partial charge < -0.3 is 19.9 Å². The molecule has 1 aliphatic carbocycles. The van der Waals surface area contributed by atoms with Gasteiger partial charge in [0.15, 0.2) is 5.69 Å². The molecule has 1 saturated heterocycles. The van der Waals surface area contributed by atoms with Crippen LogP contribution in [-0.2, 0) is 4.74 Å². The molecular formula is C17H28N6O3. The van der Waals surface area contributed by atoms with E-state index in [1.54, 1.807) is 34.8 Å². The van der Waals surface area contributed by atoms with E-state index in [0.29, 0.717) is 38.0 Å². The van der Waals surface area contributed by atoms with E-state index < -0.39 is 0 Å². The molecule has 1 aromatic heterocycles. The zero-order valence-corrected chi connectivity index (χ0v) is 15.6. The highest BCUT2D eigenvalue weighted by Crippen LogP contribution is 2.22. The number of nitrogens with zero attached hydrogens (tertiary/aromatic N) is 5. The van der Waals surface area contributed by atoms with Crippen molar-refractivity contribution in [3.63, 3.8) is 0 Å². The van der Waals surface area contributed by atoms with Gasteiger partial charge in [-0.3, -0.25) is 4.79 Å². The zero-order chi connectivity index (χ0) is 18.5. The molecular weight excluding hydrogens is 336 g/mol. The van der Waals surface area contributed by atoms with Crippen LogP contribution in [0.1, 0.15) is 48.6 Å². The number of nitrogens with one attached hydrogen (secondary N) is 1. The fourth-order valence-electron chi connectivity index (χ4n) is 3.38. The van der Waals surface area contributed by atoms with E-state index in [1.807, 2.05) is 0 Å². The van der Waals surface area contributed by atoms with E-state index in [2.05, 4.69) is 15.6 Å². The molecule has 3 rings (SSSR count). The van der Waals surface area contributed by atoms with E-state index >= 15 is 0 Å². The fraction of sp³-hybridized carbons (Fsp3) is 0.765. The lowest BCUT2D eigenvalue weighted by molar-refractivity contribution is 0.0738. The molecule has 9 heteroatoms. The number of rotatable bonds is 6. The highest BCUT2D eigenvalue weighted by atomic mass is 16.5. The van der Waals surface area contributed by atoms with Gasteiger partial charge in [0.2, 0.25) is 0 Å². The summed E-state index contributed by atoms with van der Waals surface area (Å²) in [6.45, 7) is 2.16. The SMILES string of the molecule is COCCN(C)C(=O)c1cn(C2CN(C(=O)NC3CCCCC3)C2)nn1. The van der Waals surface area contributed by atoms with Crippen LogP contribution < -0.4 is 5.32 Å². The molecule has 2 fully saturated rings. The predicted octanol–water partition coefficient (Wildman–Crippen LogP) is 0.896. The Hall–Kier alpha value is -2.16. The molecule has 1 saturated carbocycles. The second kappa shape index (κ2) is 8.48. The number of aromatic nitrogens is 3. The molecule has 0 spiro atoms. The molecule has 1 aliphatic heterocycles. The van der Waals surface area contributed by atoms with Gasteiger partial charge in [-0.15, -0.1) is 5.10 Å². The first-order chi connectivity index (χ1) is 12.6. The van der Waals surface area contributed by atoms with E-state index in [-0.39, 0.29) is 18.0 Å². The number of carbonyl (C=O) groups is 2. The second-order valence-electron chi connectivity index (χ2n) is 7.15. The van der Waals surface area contributed by atoms with Gasteiger partial charge in [0.25, 0.3) is 5.91 Å². The van der Waals surface area contributed by atoms with Crippen LogP contribution >= 0.6 is 0 Å². The molecule has 0 aromatic carbocycles. The number of likely N-dealkylation sites (N-methyl/N-ethyl adjacent to an activating group) is 1. The predicted molar refractivity (Wildman–Crippen MR) is 94.9 cm³/mol. The molecule has 3 amide bonds. The Labute approximate surface area is 153 Å². The normalized spacial score (nSPS) is 18.5. The molecule has 2 heterocycles. The van der Waals surface area contributed by atoms with Crippen molar-refractivity contribution in [2.45, 2.75) is 44.2 Å². The zero-order valence-electron chi connectivity index (χ0n) is 15.6.